The minimum atomic E-state index is 1.12. The summed E-state index contributed by atoms with van der Waals surface area (Å²) in [5, 5.41) is 4.19. The summed E-state index contributed by atoms with van der Waals surface area (Å²) in [6.45, 7) is 11.3. The van der Waals surface area contributed by atoms with Crippen LogP contribution in [0.4, 0.5) is 0 Å². The molecule has 0 amide bonds. The highest BCUT2D eigenvalue weighted by Gasteiger charge is 2.15. The van der Waals surface area contributed by atoms with Gasteiger partial charge in [-0.15, -0.1) is 0 Å². The van der Waals surface area contributed by atoms with Crippen LogP contribution in [-0.4, -0.2) is 11.6 Å². The van der Waals surface area contributed by atoms with E-state index in [1.165, 1.54) is 34.9 Å². The van der Waals surface area contributed by atoms with Gasteiger partial charge in [-0.25, -0.2) is 0 Å². The lowest BCUT2D eigenvalue weighted by Gasteiger charge is -2.15. The first-order valence-electron chi connectivity index (χ1n) is 8.09. The van der Waals surface area contributed by atoms with E-state index in [0.717, 1.165) is 12.1 Å². The lowest BCUT2D eigenvalue weighted by Crippen LogP contribution is -2.06. The van der Waals surface area contributed by atoms with Crippen LogP contribution in [0.15, 0.2) is 18.3 Å². The van der Waals surface area contributed by atoms with E-state index in [1.54, 1.807) is 0 Å². The molecule has 0 bridgehead atoms. The molecule has 21 heavy (non-hydrogen) atoms. The first-order chi connectivity index (χ1) is 10.3. The number of aromatic nitrogens is 1. The molecule has 0 spiro atoms. The fraction of sp³-hybridized carbons (Fsp3) is 0.474. The Kier molecular flexibility index (Phi) is 6.88. The van der Waals surface area contributed by atoms with E-state index < -0.39 is 0 Å². The van der Waals surface area contributed by atoms with Crippen molar-refractivity contribution in [3.8, 4) is 12.0 Å². The van der Waals surface area contributed by atoms with E-state index in [4.69, 9.17) is 0 Å². The molecule has 0 saturated carbocycles. The molecule has 0 unspecified atom stereocenters. The number of hydrogen-bond acceptors (Lipinski definition) is 1. The van der Waals surface area contributed by atoms with Gasteiger partial charge < -0.3 is 9.88 Å². The van der Waals surface area contributed by atoms with Crippen molar-refractivity contribution in [2.24, 2.45) is 0 Å². The van der Waals surface area contributed by atoms with Crippen LogP contribution in [0, 0.1) is 18.9 Å². The molecule has 114 valence electrons. The molecule has 0 aliphatic carbocycles. The summed E-state index contributed by atoms with van der Waals surface area (Å²) in [4.78, 5) is 0. The molecular formula is C19H28N2. The first-order valence-corrected chi connectivity index (χ1v) is 8.09. The molecule has 1 aromatic carbocycles. The van der Waals surface area contributed by atoms with Gasteiger partial charge in [-0.1, -0.05) is 39.3 Å². The van der Waals surface area contributed by atoms with Gasteiger partial charge in [0.1, 0.15) is 0 Å². The van der Waals surface area contributed by atoms with Crippen LogP contribution in [0.2, 0.25) is 0 Å². The molecule has 0 atom stereocenters. The van der Waals surface area contributed by atoms with E-state index in [2.05, 4.69) is 47.1 Å². The molecule has 2 heteroatoms. The Balaban J connectivity index is 0.000000510. The van der Waals surface area contributed by atoms with Crippen molar-refractivity contribution in [2.75, 3.05) is 7.05 Å². The Bertz CT molecular complexity index is 639. The quantitative estimate of drug-likeness (QED) is 0.557. The Hall–Kier alpha value is -1.88. The summed E-state index contributed by atoms with van der Waals surface area (Å²) in [5.74, 6) is 3.19. The van der Waals surface area contributed by atoms with Gasteiger partial charge >= 0.3 is 0 Å². The van der Waals surface area contributed by atoms with E-state index in [1.807, 2.05) is 34.7 Å². The van der Waals surface area contributed by atoms with Crippen molar-refractivity contribution in [1.82, 2.24) is 9.88 Å². The van der Waals surface area contributed by atoms with Gasteiger partial charge in [0.25, 0.3) is 0 Å². The van der Waals surface area contributed by atoms with E-state index in [9.17, 15) is 0 Å². The highest BCUT2D eigenvalue weighted by atomic mass is 15.0. The number of rotatable bonds is 0. The molecule has 0 radical (unpaired) electrons. The molecule has 1 N–H and O–H groups in total. The predicted octanol–water partition coefficient (Wildman–Crippen LogP) is 4.48. The van der Waals surface area contributed by atoms with Crippen LogP contribution < -0.4 is 5.32 Å². The number of aryl methyl sites for hydroxylation is 3. The summed E-state index contributed by atoms with van der Waals surface area (Å²) in [7, 11) is 1.85. The van der Waals surface area contributed by atoms with Gasteiger partial charge in [0, 0.05) is 31.2 Å². The van der Waals surface area contributed by atoms with Crippen molar-refractivity contribution in [3.63, 3.8) is 0 Å². The largest absolute Gasteiger partial charge is 0.349 e. The standard InChI is InChI=1S/C15H16N2.2C2H6/c1-11-8-12-4-3-7-17-10-13(5-6-16-2)14(9-11)15(12)17;2*1-2/h8-10,16H,3-4,7H2,1-2H3;2*1-2H3. The van der Waals surface area contributed by atoms with Gasteiger partial charge in [-0.3, -0.25) is 0 Å². The fourth-order valence-corrected chi connectivity index (χ4v) is 2.72. The van der Waals surface area contributed by atoms with Gasteiger partial charge in [-0.05, 0) is 37.3 Å². The number of nitrogens with zero attached hydrogens (tertiary/aromatic N) is 1. The van der Waals surface area contributed by atoms with Crippen LogP contribution in [-0.2, 0) is 13.0 Å². The molecular weight excluding hydrogens is 256 g/mol. The van der Waals surface area contributed by atoms with Crippen LogP contribution in [0.1, 0.15) is 50.8 Å². The van der Waals surface area contributed by atoms with Crippen LogP contribution in [0.3, 0.4) is 0 Å². The highest BCUT2D eigenvalue weighted by Crippen LogP contribution is 2.30. The number of hydrogen-bond donors (Lipinski definition) is 1. The Morgan fingerprint density at radius 3 is 2.52 bits per heavy atom. The maximum absolute atomic E-state index is 3.19. The van der Waals surface area contributed by atoms with Gasteiger partial charge in [0.15, 0.2) is 0 Å². The third-order valence-corrected chi connectivity index (χ3v) is 3.36. The van der Waals surface area contributed by atoms with E-state index in [0.29, 0.717) is 0 Å². The molecule has 1 aliphatic heterocycles. The Labute approximate surface area is 129 Å². The zero-order valence-electron chi connectivity index (χ0n) is 14.3. The van der Waals surface area contributed by atoms with E-state index >= 15 is 0 Å². The lowest BCUT2D eigenvalue weighted by atomic mass is 10.00. The maximum atomic E-state index is 3.19. The second-order valence-corrected chi connectivity index (χ2v) is 4.66. The molecule has 1 aliphatic rings. The van der Waals surface area contributed by atoms with Crippen molar-refractivity contribution < 1.29 is 0 Å². The molecule has 2 aromatic rings. The third kappa shape index (κ3) is 3.61. The summed E-state index contributed by atoms with van der Waals surface area (Å²) < 4.78 is 2.35. The van der Waals surface area contributed by atoms with Gasteiger partial charge in [0.2, 0.25) is 0 Å². The zero-order chi connectivity index (χ0) is 15.8. The summed E-state index contributed by atoms with van der Waals surface area (Å²) >= 11 is 0. The summed E-state index contributed by atoms with van der Waals surface area (Å²) in [6.07, 6.45) is 4.62. The number of nitrogens with one attached hydrogen (secondary N) is 1. The SMILES string of the molecule is CC.CC.CNC#Cc1cn2c3c(cc(C)cc13)CCC2. The minimum absolute atomic E-state index is 1.12. The van der Waals surface area contributed by atoms with Crippen molar-refractivity contribution in [1.29, 1.82) is 0 Å². The van der Waals surface area contributed by atoms with Gasteiger partial charge in [0.05, 0.1) is 11.1 Å². The molecule has 2 nitrogen and oxygen atoms in total. The second-order valence-electron chi connectivity index (χ2n) is 4.66. The van der Waals surface area contributed by atoms with Crippen LogP contribution in [0.5, 0.6) is 0 Å². The normalized spacial score (nSPS) is 11.3. The van der Waals surface area contributed by atoms with Crippen LogP contribution >= 0.6 is 0 Å². The average Bonchev–Trinajstić information content (AvgIpc) is 2.88. The third-order valence-electron chi connectivity index (χ3n) is 3.36. The number of benzene rings is 1. The highest BCUT2D eigenvalue weighted by molar-refractivity contribution is 5.90. The topological polar surface area (TPSA) is 17.0 Å². The molecule has 0 fully saturated rings. The Morgan fingerprint density at radius 2 is 1.86 bits per heavy atom. The molecule has 0 saturated heterocycles. The van der Waals surface area contributed by atoms with E-state index in [-0.39, 0.29) is 0 Å². The smallest absolute Gasteiger partial charge is 0.0526 e. The fourth-order valence-electron chi connectivity index (χ4n) is 2.72. The Morgan fingerprint density at radius 1 is 1.14 bits per heavy atom. The molecule has 1 aromatic heterocycles. The first kappa shape index (κ1) is 17.2. The van der Waals surface area contributed by atoms with Crippen molar-refractivity contribution >= 4 is 10.9 Å². The lowest BCUT2D eigenvalue weighted by molar-refractivity contribution is 0.635. The monoisotopic (exact) mass is 284 g/mol. The summed E-state index contributed by atoms with van der Waals surface area (Å²) in [6, 6.07) is 7.50. The summed E-state index contributed by atoms with van der Waals surface area (Å²) in [5.41, 5.74) is 5.34. The molecule has 2 heterocycles. The van der Waals surface area contributed by atoms with Gasteiger partial charge in [-0.2, -0.15) is 0 Å². The average molecular weight is 284 g/mol. The van der Waals surface area contributed by atoms with Crippen molar-refractivity contribution in [3.05, 3.63) is 35.0 Å². The minimum Gasteiger partial charge on any atom is -0.349 e. The maximum Gasteiger partial charge on any atom is 0.0526 e. The second kappa shape index (κ2) is 8.42. The van der Waals surface area contributed by atoms with Crippen molar-refractivity contribution in [2.45, 2.75) is 54.0 Å². The predicted molar refractivity (Wildman–Crippen MR) is 93.6 cm³/mol. The molecule has 3 rings (SSSR count). The van der Waals surface area contributed by atoms with Crippen LogP contribution in [0.25, 0.3) is 10.9 Å². The zero-order valence-corrected chi connectivity index (χ0v) is 14.3.